The third kappa shape index (κ3) is 4.08. The quantitative estimate of drug-likeness (QED) is 0.868. The minimum Gasteiger partial charge on any atom is -0.370 e. The van der Waals surface area contributed by atoms with Crippen molar-refractivity contribution >= 4 is 44.8 Å². The molecule has 4 N–H and O–H groups in total. The normalized spacial score (nSPS) is 12.7. The summed E-state index contributed by atoms with van der Waals surface area (Å²) in [5.41, 5.74) is 10.7. The van der Waals surface area contributed by atoms with Crippen LogP contribution in [0.4, 0.5) is 0 Å². The number of thiophene rings is 1. The first kappa shape index (κ1) is 12.9. The van der Waals surface area contributed by atoms with Gasteiger partial charge in [0.05, 0.1) is 21.5 Å². The first-order valence-corrected chi connectivity index (χ1v) is 6.05. The third-order valence-electron chi connectivity index (χ3n) is 1.57. The smallest absolute Gasteiger partial charge is 0.243 e. The Kier molecular flexibility index (Phi) is 5.01. The SMILES string of the molecule is NC(=O)COCC(N)c1cc(Cl)c(Br)s1. The largest absolute Gasteiger partial charge is 0.370 e. The van der Waals surface area contributed by atoms with Crippen LogP contribution in [0.5, 0.6) is 0 Å². The van der Waals surface area contributed by atoms with Crippen molar-refractivity contribution in [2.75, 3.05) is 13.2 Å². The Morgan fingerprint density at radius 2 is 2.40 bits per heavy atom. The Morgan fingerprint density at radius 1 is 1.73 bits per heavy atom. The topological polar surface area (TPSA) is 78.3 Å². The molecule has 0 radical (unpaired) electrons. The fourth-order valence-electron chi connectivity index (χ4n) is 0.915. The number of halogens is 2. The minimum atomic E-state index is -0.507. The Labute approximate surface area is 105 Å². The molecule has 0 aliphatic heterocycles. The van der Waals surface area contributed by atoms with Gasteiger partial charge in [0.25, 0.3) is 0 Å². The Hall–Kier alpha value is -0.140. The summed E-state index contributed by atoms with van der Waals surface area (Å²) in [7, 11) is 0. The van der Waals surface area contributed by atoms with Gasteiger partial charge in [0.1, 0.15) is 6.61 Å². The Bertz CT molecular complexity index is 339. The number of rotatable bonds is 5. The molecule has 1 unspecified atom stereocenters. The average Bonchev–Trinajstić information content (AvgIpc) is 2.46. The van der Waals surface area contributed by atoms with Crippen LogP contribution in [0.15, 0.2) is 9.85 Å². The van der Waals surface area contributed by atoms with Crippen molar-refractivity contribution in [2.45, 2.75) is 6.04 Å². The predicted octanol–water partition coefficient (Wildman–Crippen LogP) is 1.67. The summed E-state index contributed by atoms with van der Waals surface area (Å²) in [5.74, 6) is -0.507. The molecule has 1 aromatic rings. The summed E-state index contributed by atoms with van der Waals surface area (Å²) in [6.45, 7) is 0.125. The molecular weight excluding hydrogens is 304 g/mol. The van der Waals surface area contributed by atoms with E-state index in [0.717, 1.165) is 8.66 Å². The van der Waals surface area contributed by atoms with Crippen LogP contribution >= 0.6 is 38.9 Å². The van der Waals surface area contributed by atoms with Crippen LogP contribution in [0.1, 0.15) is 10.9 Å². The number of hydrogen-bond donors (Lipinski definition) is 2. The molecule has 0 saturated carbocycles. The molecule has 84 valence electrons. The molecule has 0 aromatic carbocycles. The number of amides is 1. The van der Waals surface area contributed by atoms with E-state index >= 15 is 0 Å². The highest BCUT2D eigenvalue weighted by atomic mass is 79.9. The van der Waals surface area contributed by atoms with Crippen LogP contribution in [0, 0.1) is 0 Å². The van der Waals surface area contributed by atoms with Gasteiger partial charge >= 0.3 is 0 Å². The van der Waals surface area contributed by atoms with Gasteiger partial charge in [0.15, 0.2) is 0 Å². The van der Waals surface area contributed by atoms with E-state index in [-0.39, 0.29) is 19.3 Å². The van der Waals surface area contributed by atoms with Gasteiger partial charge in [-0.25, -0.2) is 0 Å². The highest BCUT2D eigenvalue weighted by Crippen LogP contribution is 2.34. The zero-order valence-electron chi connectivity index (χ0n) is 7.70. The van der Waals surface area contributed by atoms with Crippen molar-refractivity contribution in [1.29, 1.82) is 0 Å². The zero-order valence-corrected chi connectivity index (χ0v) is 10.9. The van der Waals surface area contributed by atoms with Gasteiger partial charge in [0.2, 0.25) is 5.91 Å². The van der Waals surface area contributed by atoms with E-state index in [4.69, 9.17) is 27.8 Å². The summed E-state index contributed by atoms with van der Waals surface area (Å²) >= 11 is 10.6. The van der Waals surface area contributed by atoms with Crippen molar-refractivity contribution in [3.05, 3.63) is 19.8 Å². The van der Waals surface area contributed by atoms with E-state index in [1.807, 2.05) is 0 Å². The fraction of sp³-hybridized carbons (Fsp3) is 0.375. The fourth-order valence-corrected chi connectivity index (χ4v) is 2.65. The summed E-state index contributed by atoms with van der Waals surface area (Å²) in [6, 6.07) is 1.48. The molecule has 0 aliphatic carbocycles. The Balaban J connectivity index is 2.46. The van der Waals surface area contributed by atoms with E-state index in [9.17, 15) is 4.79 Å². The van der Waals surface area contributed by atoms with Crippen molar-refractivity contribution < 1.29 is 9.53 Å². The summed E-state index contributed by atoms with van der Waals surface area (Å²) in [5, 5.41) is 0.625. The first-order chi connectivity index (χ1) is 7.00. The molecule has 1 atom stereocenters. The number of hydrogen-bond acceptors (Lipinski definition) is 4. The van der Waals surface area contributed by atoms with Gasteiger partial charge in [0, 0.05) is 4.88 Å². The monoisotopic (exact) mass is 312 g/mol. The predicted molar refractivity (Wildman–Crippen MR) is 64.0 cm³/mol. The number of carbonyl (C=O) groups excluding carboxylic acids is 1. The third-order valence-corrected chi connectivity index (χ3v) is 4.18. The lowest BCUT2D eigenvalue weighted by Crippen LogP contribution is -2.22. The maximum atomic E-state index is 10.4. The van der Waals surface area contributed by atoms with E-state index in [1.165, 1.54) is 11.3 Å². The molecule has 1 rings (SSSR count). The van der Waals surface area contributed by atoms with Crippen LogP contribution in [-0.4, -0.2) is 19.1 Å². The van der Waals surface area contributed by atoms with Gasteiger partial charge in [-0.3, -0.25) is 4.79 Å². The Morgan fingerprint density at radius 3 is 2.87 bits per heavy atom. The van der Waals surface area contributed by atoms with Crippen molar-refractivity contribution in [2.24, 2.45) is 11.5 Å². The van der Waals surface area contributed by atoms with E-state index in [0.29, 0.717) is 5.02 Å². The number of ether oxygens (including phenoxy) is 1. The molecule has 1 amide bonds. The van der Waals surface area contributed by atoms with Gasteiger partial charge in [-0.1, -0.05) is 11.6 Å². The summed E-state index contributed by atoms with van der Waals surface area (Å²) < 4.78 is 5.85. The lowest BCUT2D eigenvalue weighted by Gasteiger charge is -2.08. The van der Waals surface area contributed by atoms with Gasteiger partial charge in [-0.15, -0.1) is 11.3 Å². The first-order valence-electron chi connectivity index (χ1n) is 4.07. The second kappa shape index (κ2) is 5.81. The average molecular weight is 314 g/mol. The van der Waals surface area contributed by atoms with Gasteiger partial charge < -0.3 is 16.2 Å². The van der Waals surface area contributed by atoms with Crippen LogP contribution in [0.25, 0.3) is 0 Å². The van der Waals surface area contributed by atoms with Crippen LogP contribution in [0.2, 0.25) is 5.02 Å². The van der Waals surface area contributed by atoms with Gasteiger partial charge in [-0.05, 0) is 22.0 Å². The molecule has 15 heavy (non-hydrogen) atoms. The second-order valence-corrected chi connectivity index (χ2v) is 5.67. The lowest BCUT2D eigenvalue weighted by molar-refractivity contribution is -0.122. The molecule has 7 heteroatoms. The van der Waals surface area contributed by atoms with E-state index < -0.39 is 5.91 Å². The molecule has 0 bridgehead atoms. The highest BCUT2D eigenvalue weighted by Gasteiger charge is 2.12. The maximum absolute atomic E-state index is 10.4. The van der Waals surface area contributed by atoms with E-state index in [1.54, 1.807) is 6.07 Å². The minimum absolute atomic E-state index is 0.117. The molecule has 0 aliphatic rings. The van der Waals surface area contributed by atoms with Crippen LogP contribution < -0.4 is 11.5 Å². The molecule has 1 aromatic heterocycles. The molecule has 0 fully saturated rings. The maximum Gasteiger partial charge on any atom is 0.243 e. The number of carbonyl (C=O) groups is 1. The van der Waals surface area contributed by atoms with Crippen molar-refractivity contribution in [1.82, 2.24) is 0 Å². The summed E-state index contributed by atoms with van der Waals surface area (Å²) in [4.78, 5) is 11.3. The van der Waals surface area contributed by atoms with Crippen LogP contribution in [-0.2, 0) is 9.53 Å². The molecule has 1 heterocycles. The van der Waals surface area contributed by atoms with Crippen molar-refractivity contribution in [3.8, 4) is 0 Å². The summed E-state index contributed by atoms with van der Waals surface area (Å²) in [6.07, 6.45) is 0. The van der Waals surface area contributed by atoms with Crippen LogP contribution in [0.3, 0.4) is 0 Å². The molecule has 0 saturated heterocycles. The van der Waals surface area contributed by atoms with Crippen molar-refractivity contribution in [3.63, 3.8) is 0 Å². The molecule has 0 spiro atoms. The van der Waals surface area contributed by atoms with E-state index in [2.05, 4.69) is 15.9 Å². The second-order valence-electron chi connectivity index (χ2n) is 2.86. The zero-order chi connectivity index (χ0) is 11.4. The number of primary amides is 1. The highest BCUT2D eigenvalue weighted by molar-refractivity contribution is 9.11. The number of nitrogens with two attached hydrogens (primary N) is 2. The lowest BCUT2D eigenvalue weighted by atomic mass is 10.3. The standard InChI is InChI=1S/C8H10BrClN2O2S/c9-8-4(10)1-6(15-8)5(11)2-14-3-7(12)13/h1,5H,2-3,11H2,(H2,12,13). The molecule has 4 nitrogen and oxygen atoms in total. The molecular formula is C8H10BrClN2O2S. The van der Waals surface area contributed by atoms with Gasteiger partial charge in [-0.2, -0.15) is 0 Å².